The molecule has 2 heterocycles. The van der Waals surface area contributed by atoms with E-state index in [0.29, 0.717) is 18.8 Å². The fourth-order valence-corrected chi connectivity index (χ4v) is 3.39. The summed E-state index contributed by atoms with van der Waals surface area (Å²) in [4.78, 5) is 19.6. The van der Waals surface area contributed by atoms with Gasteiger partial charge < -0.3 is 25.5 Å². The molecule has 0 atom stereocenters. The maximum Gasteiger partial charge on any atom is 0.270 e. The number of thiazole rings is 1. The van der Waals surface area contributed by atoms with Crippen LogP contribution in [-0.4, -0.2) is 36.6 Å². The van der Waals surface area contributed by atoms with Crippen LogP contribution in [0.1, 0.15) is 27.6 Å². The molecule has 0 aliphatic rings. The minimum absolute atomic E-state index is 0.163. The van der Waals surface area contributed by atoms with Gasteiger partial charge in [-0.25, -0.2) is 4.98 Å². The quantitative estimate of drug-likeness (QED) is 0.526. The Morgan fingerprint density at radius 2 is 2.15 bits per heavy atom. The van der Waals surface area contributed by atoms with Gasteiger partial charge in [-0.2, -0.15) is 0 Å². The lowest BCUT2D eigenvalue weighted by Gasteiger charge is -2.04. The number of amides is 1. The van der Waals surface area contributed by atoms with Gasteiger partial charge >= 0.3 is 0 Å². The third-order valence-corrected chi connectivity index (χ3v) is 4.92. The molecule has 0 fully saturated rings. The number of benzene rings is 1. The van der Waals surface area contributed by atoms with Crippen LogP contribution in [0.5, 0.6) is 11.5 Å². The fraction of sp³-hybridized carbons (Fsp3) is 0.333. The molecule has 0 bridgehead atoms. The summed E-state index contributed by atoms with van der Waals surface area (Å²) in [5.41, 5.74) is 8.00. The van der Waals surface area contributed by atoms with Gasteiger partial charge in [0.05, 0.1) is 19.7 Å². The van der Waals surface area contributed by atoms with Crippen LogP contribution >= 0.6 is 11.3 Å². The molecular weight excluding hydrogens is 352 g/mol. The van der Waals surface area contributed by atoms with Gasteiger partial charge in [-0.1, -0.05) is 0 Å². The maximum atomic E-state index is 12.0. The molecule has 1 aromatic carbocycles. The van der Waals surface area contributed by atoms with E-state index in [2.05, 4.69) is 21.4 Å². The van der Waals surface area contributed by atoms with Crippen molar-refractivity contribution in [2.45, 2.75) is 19.4 Å². The normalized spacial score (nSPS) is 10.9. The minimum Gasteiger partial charge on any atom is -0.497 e. The third kappa shape index (κ3) is 3.97. The first-order valence-corrected chi connectivity index (χ1v) is 9.19. The monoisotopic (exact) mass is 374 g/mol. The second kappa shape index (κ2) is 8.20. The van der Waals surface area contributed by atoms with E-state index in [1.807, 2.05) is 12.1 Å². The zero-order valence-corrected chi connectivity index (χ0v) is 15.6. The van der Waals surface area contributed by atoms with Crippen molar-refractivity contribution in [3.05, 3.63) is 40.0 Å². The molecule has 0 radical (unpaired) electrons. The highest BCUT2D eigenvalue weighted by Gasteiger charge is 2.11. The van der Waals surface area contributed by atoms with Crippen LogP contribution in [0, 0.1) is 0 Å². The van der Waals surface area contributed by atoms with Crippen LogP contribution in [0.2, 0.25) is 0 Å². The molecule has 0 aliphatic heterocycles. The Bertz CT molecular complexity index is 903. The Morgan fingerprint density at radius 3 is 2.85 bits per heavy atom. The second-order valence-corrected chi connectivity index (χ2v) is 6.72. The first kappa shape index (κ1) is 18.2. The highest BCUT2D eigenvalue weighted by Crippen LogP contribution is 2.31. The Kier molecular flexibility index (Phi) is 5.75. The number of ether oxygens (including phenoxy) is 2. The fourth-order valence-electron chi connectivity index (χ4n) is 2.74. The smallest absolute Gasteiger partial charge is 0.270 e. The molecule has 0 spiro atoms. The van der Waals surface area contributed by atoms with E-state index in [4.69, 9.17) is 15.2 Å². The van der Waals surface area contributed by atoms with Gasteiger partial charge in [-0.3, -0.25) is 4.79 Å². The number of carbonyl (C=O) groups excluding carboxylic acids is 1. The summed E-state index contributed by atoms with van der Waals surface area (Å²) in [5, 5.41) is 6.40. The molecule has 2 aromatic heterocycles. The number of H-pyrrole nitrogens is 1. The van der Waals surface area contributed by atoms with Crippen molar-refractivity contribution in [3.63, 3.8) is 0 Å². The summed E-state index contributed by atoms with van der Waals surface area (Å²) < 4.78 is 10.7. The van der Waals surface area contributed by atoms with Crippen molar-refractivity contribution in [1.29, 1.82) is 0 Å². The van der Waals surface area contributed by atoms with Crippen LogP contribution in [-0.2, 0) is 13.0 Å². The standard InChI is InChI=1S/C18H22N4O3S/c1-24-12-7-14-13(16(8-12)25-2)6-11(21-14)4-3-5-20-18(23)15-10-26-17(9-19)22-15/h6-8,10,21H,3-5,9,19H2,1-2H3,(H,20,23). The number of aromatic amines is 1. The van der Waals surface area contributed by atoms with E-state index in [1.54, 1.807) is 19.6 Å². The van der Waals surface area contributed by atoms with E-state index < -0.39 is 0 Å². The molecule has 0 saturated heterocycles. The Hall–Kier alpha value is -2.58. The molecule has 0 saturated carbocycles. The number of nitrogens with two attached hydrogens (primary N) is 1. The summed E-state index contributed by atoms with van der Waals surface area (Å²) >= 11 is 1.40. The zero-order chi connectivity index (χ0) is 18.5. The molecule has 1 amide bonds. The summed E-state index contributed by atoms with van der Waals surface area (Å²) in [6.07, 6.45) is 1.62. The third-order valence-electron chi connectivity index (χ3n) is 4.05. The minimum atomic E-state index is -0.163. The first-order chi connectivity index (χ1) is 12.6. The number of hydrogen-bond acceptors (Lipinski definition) is 6. The number of fused-ring (bicyclic) bond motifs is 1. The predicted molar refractivity (Wildman–Crippen MR) is 102 cm³/mol. The summed E-state index contributed by atoms with van der Waals surface area (Å²) in [6.45, 7) is 0.927. The molecule has 4 N–H and O–H groups in total. The van der Waals surface area contributed by atoms with Crippen molar-refractivity contribution >= 4 is 28.1 Å². The lowest BCUT2D eigenvalue weighted by atomic mass is 10.2. The predicted octanol–water partition coefficient (Wildman–Crippen LogP) is 2.46. The average Bonchev–Trinajstić information content (AvgIpc) is 3.30. The number of methoxy groups -OCH3 is 2. The van der Waals surface area contributed by atoms with Gasteiger partial charge in [0.1, 0.15) is 22.2 Å². The van der Waals surface area contributed by atoms with Crippen molar-refractivity contribution in [1.82, 2.24) is 15.3 Å². The SMILES string of the molecule is COc1cc(OC)c2cc(CCCNC(=O)c3csc(CN)n3)[nH]c2c1. The van der Waals surface area contributed by atoms with Crippen molar-refractivity contribution in [3.8, 4) is 11.5 Å². The zero-order valence-electron chi connectivity index (χ0n) is 14.8. The van der Waals surface area contributed by atoms with Crippen molar-refractivity contribution in [2.75, 3.05) is 20.8 Å². The first-order valence-electron chi connectivity index (χ1n) is 8.31. The van der Waals surface area contributed by atoms with E-state index >= 15 is 0 Å². The number of rotatable bonds is 8. The van der Waals surface area contributed by atoms with Crippen LogP contribution in [0.15, 0.2) is 23.6 Å². The average molecular weight is 374 g/mol. The van der Waals surface area contributed by atoms with E-state index in [-0.39, 0.29) is 5.91 Å². The molecule has 0 unspecified atom stereocenters. The van der Waals surface area contributed by atoms with E-state index in [9.17, 15) is 4.79 Å². The van der Waals surface area contributed by atoms with Crippen LogP contribution in [0.25, 0.3) is 10.9 Å². The molecular formula is C18H22N4O3S. The molecule has 0 aliphatic carbocycles. The molecule has 26 heavy (non-hydrogen) atoms. The number of nitrogens with zero attached hydrogens (tertiary/aromatic N) is 1. The van der Waals surface area contributed by atoms with Crippen molar-refractivity contribution in [2.24, 2.45) is 5.73 Å². The number of carbonyl (C=O) groups is 1. The van der Waals surface area contributed by atoms with Gasteiger partial charge in [0.2, 0.25) is 0 Å². The summed E-state index contributed by atoms with van der Waals surface area (Å²) in [7, 11) is 3.27. The van der Waals surface area contributed by atoms with Gasteiger partial charge in [0.25, 0.3) is 5.91 Å². The molecule has 8 heteroatoms. The molecule has 3 rings (SSSR count). The number of aryl methyl sites for hydroxylation is 1. The molecule has 7 nitrogen and oxygen atoms in total. The van der Waals surface area contributed by atoms with Gasteiger partial charge in [-0.15, -0.1) is 11.3 Å². The van der Waals surface area contributed by atoms with Crippen LogP contribution in [0.4, 0.5) is 0 Å². The van der Waals surface area contributed by atoms with E-state index in [1.165, 1.54) is 11.3 Å². The Balaban J connectivity index is 1.57. The molecule has 3 aromatic rings. The van der Waals surface area contributed by atoms with Crippen molar-refractivity contribution < 1.29 is 14.3 Å². The summed E-state index contributed by atoms with van der Waals surface area (Å²) in [5.74, 6) is 1.36. The maximum absolute atomic E-state index is 12.0. The van der Waals surface area contributed by atoms with Gasteiger partial charge in [-0.05, 0) is 18.9 Å². The number of aromatic nitrogens is 2. The number of nitrogens with one attached hydrogen (secondary N) is 2. The lowest BCUT2D eigenvalue weighted by molar-refractivity contribution is 0.0948. The molecule has 138 valence electrons. The lowest BCUT2D eigenvalue weighted by Crippen LogP contribution is -2.25. The Labute approximate surface area is 155 Å². The summed E-state index contributed by atoms with van der Waals surface area (Å²) in [6, 6.07) is 5.88. The largest absolute Gasteiger partial charge is 0.497 e. The van der Waals surface area contributed by atoms with Gasteiger partial charge in [0, 0.05) is 41.7 Å². The highest BCUT2D eigenvalue weighted by molar-refractivity contribution is 7.09. The Morgan fingerprint density at radius 1 is 1.31 bits per heavy atom. The number of hydrogen-bond donors (Lipinski definition) is 3. The van der Waals surface area contributed by atoms with Crippen LogP contribution in [0.3, 0.4) is 0 Å². The van der Waals surface area contributed by atoms with Gasteiger partial charge in [0.15, 0.2) is 0 Å². The van der Waals surface area contributed by atoms with E-state index in [0.717, 1.165) is 45.9 Å². The highest BCUT2D eigenvalue weighted by atomic mass is 32.1. The van der Waals surface area contributed by atoms with Crippen LogP contribution < -0.4 is 20.5 Å². The second-order valence-electron chi connectivity index (χ2n) is 5.78. The topological polar surface area (TPSA) is 102 Å².